The average Bonchev–Trinajstić information content (AvgIpc) is 3.12. The number of aromatic hydroxyl groups is 1. The van der Waals surface area contributed by atoms with Crippen LogP contribution in [0.5, 0.6) is 11.5 Å². The van der Waals surface area contributed by atoms with Crippen LogP contribution in [0.1, 0.15) is 18.1 Å². The number of phenolic OH excluding ortho intramolecular Hbond substituents is 1. The molecule has 0 aliphatic rings. The first-order valence-corrected chi connectivity index (χ1v) is 9.99. The topological polar surface area (TPSA) is 85.1 Å². The first-order chi connectivity index (χ1) is 14.6. The van der Waals surface area contributed by atoms with Gasteiger partial charge in [0.25, 0.3) is 0 Å². The molecule has 2 heterocycles. The Bertz CT molecular complexity index is 1190. The van der Waals surface area contributed by atoms with Gasteiger partial charge >= 0.3 is 0 Å². The van der Waals surface area contributed by atoms with E-state index in [4.69, 9.17) is 4.74 Å². The zero-order chi connectivity index (χ0) is 21.1. The van der Waals surface area contributed by atoms with E-state index in [0.717, 1.165) is 35.6 Å². The van der Waals surface area contributed by atoms with Gasteiger partial charge in [-0.3, -0.25) is 4.68 Å². The van der Waals surface area contributed by atoms with Crippen LogP contribution in [-0.4, -0.2) is 38.0 Å². The maximum absolute atomic E-state index is 9.92. The maximum Gasteiger partial charge on any atom is 0.161 e. The average molecular weight is 403 g/mol. The van der Waals surface area contributed by atoms with Gasteiger partial charge in [-0.25, -0.2) is 9.97 Å². The highest BCUT2D eigenvalue weighted by Crippen LogP contribution is 2.31. The maximum atomic E-state index is 9.92. The van der Waals surface area contributed by atoms with E-state index in [1.54, 1.807) is 12.1 Å². The van der Waals surface area contributed by atoms with Crippen LogP contribution < -0.4 is 10.1 Å². The van der Waals surface area contributed by atoms with Crippen LogP contribution in [0.2, 0.25) is 0 Å². The number of aryl methyl sites for hydroxylation is 2. The second-order valence-electron chi connectivity index (χ2n) is 7.14. The van der Waals surface area contributed by atoms with Crippen molar-refractivity contribution in [2.24, 2.45) is 7.05 Å². The number of nitrogens with zero attached hydrogens (tertiary/aromatic N) is 4. The molecule has 0 saturated carbocycles. The zero-order valence-corrected chi connectivity index (χ0v) is 17.4. The highest BCUT2D eigenvalue weighted by Gasteiger charge is 2.10. The Morgan fingerprint density at radius 3 is 2.83 bits per heavy atom. The molecule has 0 unspecified atom stereocenters. The number of benzene rings is 2. The van der Waals surface area contributed by atoms with Crippen molar-refractivity contribution in [3.63, 3.8) is 0 Å². The van der Waals surface area contributed by atoms with Gasteiger partial charge in [-0.1, -0.05) is 6.07 Å². The Morgan fingerprint density at radius 1 is 1.13 bits per heavy atom. The first kappa shape index (κ1) is 19.7. The largest absolute Gasteiger partial charge is 0.504 e. The number of rotatable bonds is 7. The second kappa shape index (κ2) is 8.41. The van der Waals surface area contributed by atoms with Gasteiger partial charge in [0.15, 0.2) is 11.5 Å². The van der Waals surface area contributed by atoms with Gasteiger partial charge < -0.3 is 15.2 Å². The number of ether oxygens (including phenoxy) is 1. The molecule has 0 spiro atoms. The number of hydrogen-bond acceptors (Lipinski definition) is 6. The molecule has 0 aliphatic carbocycles. The van der Waals surface area contributed by atoms with Crippen molar-refractivity contribution in [2.45, 2.75) is 20.3 Å². The number of phenols is 1. The molecular formula is C23H25N5O2. The molecule has 30 heavy (non-hydrogen) atoms. The van der Waals surface area contributed by atoms with Gasteiger partial charge in [-0.2, -0.15) is 5.10 Å². The molecule has 4 rings (SSSR count). The molecule has 0 atom stereocenters. The normalized spacial score (nSPS) is 11.0. The summed E-state index contributed by atoms with van der Waals surface area (Å²) in [6, 6.07) is 11.4. The van der Waals surface area contributed by atoms with E-state index in [1.807, 2.05) is 37.0 Å². The Morgan fingerprint density at radius 2 is 2.00 bits per heavy atom. The van der Waals surface area contributed by atoms with Crippen LogP contribution in [0.25, 0.3) is 22.2 Å². The molecule has 154 valence electrons. The van der Waals surface area contributed by atoms with Gasteiger partial charge in [-0.05, 0) is 55.7 Å². The summed E-state index contributed by atoms with van der Waals surface area (Å²) in [5.41, 5.74) is 5.31. The van der Waals surface area contributed by atoms with E-state index in [1.165, 1.54) is 22.8 Å². The first-order valence-electron chi connectivity index (χ1n) is 9.99. The minimum absolute atomic E-state index is 0.118. The van der Waals surface area contributed by atoms with Crippen molar-refractivity contribution < 1.29 is 9.84 Å². The van der Waals surface area contributed by atoms with E-state index in [2.05, 4.69) is 39.4 Å². The molecule has 7 nitrogen and oxygen atoms in total. The van der Waals surface area contributed by atoms with E-state index < -0.39 is 0 Å². The molecule has 7 heteroatoms. The molecule has 0 amide bonds. The van der Waals surface area contributed by atoms with Crippen LogP contribution in [0, 0.1) is 6.92 Å². The Kier molecular flexibility index (Phi) is 5.52. The standard InChI is InChI=1S/C23H25N5O2/c1-4-30-22-11-16(6-8-21(22)29)19-12-23(26-14-25-19)24-10-9-17-15(2)5-7-20-18(17)13-27-28(20)3/h5-8,11-14,29H,4,9-10H2,1-3H3,(H,24,25,26). The summed E-state index contributed by atoms with van der Waals surface area (Å²) < 4.78 is 7.37. The summed E-state index contributed by atoms with van der Waals surface area (Å²) in [5, 5.41) is 18.9. The van der Waals surface area contributed by atoms with Crippen LogP contribution in [0.4, 0.5) is 5.82 Å². The van der Waals surface area contributed by atoms with E-state index in [-0.39, 0.29) is 5.75 Å². The third-order valence-electron chi connectivity index (χ3n) is 5.18. The Hall–Kier alpha value is -3.61. The van der Waals surface area contributed by atoms with Crippen LogP contribution in [0.3, 0.4) is 0 Å². The van der Waals surface area contributed by atoms with Crippen LogP contribution in [-0.2, 0) is 13.5 Å². The number of anilines is 1. The summed E-state index contributed by atoms with van der Waals surface area (Å²) >= 11 is 0. The second-order valence-corrected chi connectivity index (χ2v) is 7.14. The van der Waals surface area contributed by atoms with E-state index in [9.17, 15) is 5.11 Å². The highest BCUT2D eigenvalue weighted by molar-refractivity contribution is 5.83. The van der Waals surface area contributed by atoms with Crippen molar-refractivity contribution in [1.82, 2.24) is 19.7 Å². The molecule has 0 radical (unpaired) electrons. The molecule has 0 aliphatic heterocycles. The summed E-state index contributed by atoms with van der Waals surface area (Å²) in [6.45, 7) is 5.24. The fourth-order valence-corrected chi connectivity index (χ4v) is 3.60. The summed E-state index contributed by atoms with van der Waals surface area (Å²) in [5.74, 6) is 1.32. The number of fused-ring (bicyclic) bond motifs is 1. The fourth-order valence-electron chi connectivity index (χ4n) is 3.60. The summed E-state index contributed by atoms with van der Waals surface area (Å²) in [4.78, 5) is 8.71. The van der Waals surface area contributed by atoms with Crippen molar-refractivity contribution >= 4 is 16.7 Å². The minimum atomic E-state index is 0.118. The third-order valence-corrected chi connectivity index (χ3v) is 5.18. The van der Waals surface area contributed by atoms with Gasteiger partial charge in [-0.15, -0.1) is 0 Å². The summed E-state index contributed by atoms with van der Waals surface area (Å²) in [6.07, 6.45) is 4.33. The Balaban J connectivity index is 1.50. The third kappa shape index (κ3) is 3.91. The molecule has 2 aromatic carbocycles. The lowest BCUT2D eigenvalue weighted by Gasteiger charge is -2.11. The lowest BCUT2D eigenvalue weighted by atomic mass is 10.0. The lowest BCUT2D eigenvalue weighted by Crippen LogP contribution is -2.08. The predicted octanol–water partition coefficient (Wildman–Crippen LogP) is 4.10. The quantitative estimate of drug-likeness (QED) is 0.483. The minimum Gasteiger partial charge on any atom is -0.504 e. The molecule has 0 saturated heterocycles. The van der Waals surface area contributed by atoms with Crippen molar-refractivity contribution in [3.05, 3.63) is 60.0 Å². The number of aromatic nitrogens is 4. The van der Waals surface area contributed by atoms with Gasteiger partial charge in [0.2, 0.25) is 0 Å². The highest BCUT2D eigenvalue weighted by atomic mass is 16.5. The van der Waals surface area contributed by atoms with Crippen LogP contribution >= 0.6 is 0 Å². The van der Waals surface area contributed by atoms with Gasteiger partial charge in [0.1, 0.15) is 12.1 Å². The van der Waals surface area contributed by atoms with Crippen molar-refractivity contribution in [2.75, 3.05) is 18.5 Å². The molecule has 4 aromatic rings. The van der Waals surface area contributed by atoms with Crippen molar-refractivity contribution in [1.29, 1.82) is 0 Å². The number of nitrogens with one attached hydrogen (secondary N) is 1. The van der Waals surface area contributed by atoms with E-state index >= 15 is 0 Å². The SMILES string of the molecule is CCOc1cc(-c2cc(NCCc3c(C)ccc4c3cnn4C)ncn2)ccc1O. The molecule has 2 aromatic heterocycles. The lowest BCUT2D eigenvalue weighted by molar-refractivity contribution is 0.318. The molecular weight excluding hydrogens is 378 g/mol. The van der Waals surface area contributed by atoms with Gasteiger partial charge in [0, 0.05) is 30.6 Å². The van der Waals surface area contributed by atoms with Crippen LogP contribution in [0.15, 0.2) is 48.9 Å². The molecule has 0 bridgehead atoms. The monoisotopic (exact) mass is 403 g/mol. The predicted molar refractivity (Wildman–Crippen MR) is 118 cm³/mol. The number of hydrogen-bond donors (Lipinski definition) is 2. The Labute approximate surface area is 175 Å². The van der Waals surface area contributed by atoms with Gasteiger partial charge in [0.05, 0.1) is 24.0 Å². The molecule has 0 fully saturated rings. The molecule has 2 N–H and O–H groups in total. The van der Waals surface area contributed by atoms with E-state index in [0.29, 0.717) is 12.4 Å². The fraction of sp³-hybridized carbons (Fsp3) is 0.261. The smallest absolute Gasteiger partial charge is 0.161 e. The summed E-state index contributed by atoms with van der Waals surface area (Å²) in [7, 11) is 1.96. The van der Waals surface area contributed by atoms with Crippen molar-refractivity contribution in [3.8, 4) is 22.8 Å². The zero-order valence-electron chi connectivity index (χ0n) is 17.4.